The van der Waals surface area contributed by atoms with Crippen LogP contribution in [0.5, 0.6) is 0 Å². The lowest BCUT2D eigenvalue weighted by atomic mass is 9.72. The van der Waals surface area contributed by atoms with Crippen LogP contribution in [0.3, 0.4) is 0 Å². The fraction of sp³-hybridized carbons (Fsp3) is 0.321. The van der Waals surface area contributed by atoms with Gasteiger partial charge in [-0.25, -0.2) is 4.98 Å². The summed E-state index contributed by atoms with van der Waals surface area (Å²) in [7, 11) is 0. The Morgan fingerprint density at radius 2 is 1.86 bits per heavy atom. The summed E-state index contributed by atoms with van der Waals surface area (Å²) in [5, 5.41) is 1.88. The molecular weight excluding hydrogens is 496 g/mol. The first-order chi connectivity index (χ1) is 16.7. The number of aromatic nitrogens is 2. The van der Waals surface area contributed by atoms with E-state index in [4.69, 9.17) is 16.6 Å². The molecule has 1 aliphatic rings. The summed E-state index contributed by atoms with van der Waals surface area (Å²) in [5.41, 5.74) is 2.71. The number of carbonyl (C=O) groups is 1. The summed E-state index contributed by atoms with van der Waals surface area (Å²) in [4.78, 5) is 33.8. The van der Waals surface area contributed by atoms with Gasteiger partial charge in [0.1, 0.15) is 4.83 Å². The second-order valence-corrected chi connectivity index (χ2v) is 12.5. The smallest absolute Gasteiger partial charge is 0.267 e. The number of ketones is 1. The van der Waals surface area contributed by atoms with Crippen LogP contribution >= 0.6 is 34.7 Å². The molecule has 35 heavy (non-hydrogen) atoms. The van der Waals surface area contributed by atoms with Crippen LogP contribution in [0.15, 0.2) is 64.5 Å². The fourth-order valence-electron chi connectivity index (χ4n) is 4.70. The van der Waals surface area contributed by atoms with E-state index in [0.717, 1.165) is 35.2 Å². The Balaban J connectivity index is 1.57. The maximum Gasteiger partial charge on any atom is 0.267 e. The minimum Gasteiger partial charge on any atom is -0.293 e. The molecule has 0 bridgehead atoms. The highest BCUT2D eigenvalue weighted by atomic mass is 35.5. The molecule has 5 rings (SSSR count). The molecular formula is C28H27ClN2O2S2. The minimum atomic E-state index is -0.0469. The van der Waals surface area contributed by atoms with Crippen LogP contribution in [0, 0.1) is 11.3 Å². The molecule has 2 aromatic carbocycles. The average Bonchev–Trinajstić information content (AvgIpc) is 3.21. The first-order valence-corrected chi connectivity index (χ1v) is 13.9. The van der Waals surface area contributed by atoms with Crippen molar-refractivity contribution in [2.45, 2.75) is 45.2 Å². The van der Waals surface area contributed by atoms with Crippen LogP contribution in [0.2, 0.25) is 5.02 Å². The predicted octanol–water partition coefficient (Wildman–Crippen LogP) is 7.23. The molecule has 180 valence electrons. The number of rotatable bonds is 5. The van der Waals surface area contributed by atoms with Gasteiger partial charge in [-0.15, -0.1) is 11.3 Å². The Morgan fingerprint density at radius 1 is 1.14 bits per heavy atom. The van der Waals surface area contributed by atoms with E-state index in [9.17, 15) is 9.59 Å². The molecule has 4 aromatic rings. The van der Waals surface area contributed by atoms with Crippen molar-refractivity contribution in [3.63, 3.8) is 0 Å². The van der Waals surface area contributed by atoms with Crippen molar-refractivity contribution in [3.05, 3.63) is 86.0 Å². The van der Waals surface area contributed by atoms with E-state index >= 15 is 0 Å². The van der Waals surface area contributed by atoms with Gasteiger partial charge in [0, 0.05) is 15.5 Å². The number of fused-ring (bicyclic) bond motifs is 3. The molecule has 0 saturated heterocycles. The van der Waals surface area contributed by atoms with Gasteiger partial charge < -0.3 is 0 Å². The van der Waals surface area contributed by atoms with Gasteiger partial charge >= 0.3 is 0 Å². The zero-order valence-electron chi connectivity index (χ0n) is 20.0. The standard InChI is InChI=1S/C28H27ClN2O2S2/c1-28(2,3)18-11-14-21-23(15-18)35-25-24(21)26(33)31(20-7-5-4-6-8-20)27(30-25)34-16-22(32)17-9-12-19(29)13-10-17/h4-10,12-13,18H,11,14-16H2,1-3H3. The minimum absolute atomic E-state index is 0.0286. The molecule has 7 heteroatoms. The highest BCUT2D eigenvalue weighted by molar-refractivity contribution is 7.99. The number of hydrogen-bond donors (Lipinski definition) is 0. The Morgan fingerprint density at radius 3 is 2.54 bits per heavy atom. The Labute approximate surface area is 218 Å². The van der Waals surface area contributed by atoms with E-state index in [0.29, 0.717) is 21.7 Å². The third-order valence-corrected chi connectivity index (χ3v) is 9.13. The predicted molar refractivity (Wildman–Crippen MR) is 147 cm³/mol. The number of benzene rings is 2. The van der Waals surface area contributed by atoms with Crippen LogP contribution in [0.1, 0.15) is 48.0 Å². The first-order valence-electron chi connectivity index (χ1n) is 11.8. The number of para-hydroxylation sites is 1. The molecule has 2 heterocycles. The average molecular weight is 523 g/mol. The van der Waals surface area contributed by atoms with Gasteiger partial charge in [0.25, 0.3) is 5.56 Å². The maximum absolute atomic E-state index is 13.9. The number of nitrogens with zero attached hydrogens (tertiary/aromatic N) is 2. The zero-order valence-corrected chi connectivity index (χ0v) is 22.4. The van der Waals surface area contributed by atoms with Crippen molar-refractivity contribution in [2.24, 2.45) is 11.3 Å². The van der Waals surface area contributed by atoms with Gasteiger partial charge in [-0.3, -0.25) is 14.2 Å². The van der Waals surface area contributed by atoms with E-state index in [2.05, 4.69) is 20.8 Å². The van der Waals surface area contributed by atoms with Crippen molar-refractivity contribution >= 4 is 50.7 Å². The van der Waals surface area contributed by atoms with Crippen molar-refractivity contribution in [2.75, 3.05) is 5.75 Å². The number of carbonyl (C=O) groups excluding carboxylic acids is 1. The largest absolute Gasteiger partial charge is 0.293 e. The van der Waals surface area contributed by atoms with E-state index in [1.165, 1.54) is 22.2 Å². The quantitative estimate of drug-likeness (QED) is 0.158. The number of aryl methyl sites for hydroxylation is 1. The third kappa shape index (κ3) is 4.84. The van der Waals surface area contributed by atoms with Gasteiger partial charge in [-0.1, -0.05) is 62.3 Å². The zero-order chi connectivity index (χ0) is 24.7. The monoisotopic (exact) mass is 522 g/mol. The van der Waals surface area contributed by atoms with E-state index < -0.39 is 0 Å². The molecule has 0 aliphatic heterocycles. The Bertz CT molecular complexity index is 1450. The van der Waals surface area contributed by atoms with E-state index in [-0.39, 0.29) is 22.5 Å². The fourth-order valence-corrected chi connectivity index (χ4v) is 7.07. The summed E-state index contributed by atoms with van der Waals surface area (Å²) >= 11 is 8.92. The lowest BCUT2D eigenvalue weighted by molar-refractivity contribution is 0.102. The molecule has 0 saturated carbocycles. The van der Waals surface area contributed by atoms with Crippen LogP contribution in [0.4, 0.5) is 0 Å². The normalized spacial score (nSPS) is 15.8. The summed E-state index contributed by atoms with van der Waals surface area (Å²) < 4.78 is 1.67. The van der Waals surface area contributed by atoms with Crippen LogP contribution < -0.4 is 5.56 Å². The van der Waals surface area contributed by atoms with Crippen LogP contribution in [-0.4, -0.2) is 21.1 Å². The van der Waals surface area contributed by atoms with Crippen molar-refractivity contribution < 1.29 is 4.79 Å². The van der Waals surface area contributed by atoms with Crippen molar-refractivity contribution in [1.29, 1.82) is 0 Å². The summed E-state index contributed by atoms with van der Waals surface area (Å²) in [6.45, 7) is 6.88. The van der Waals surface area contributed by atoms with Crippen molar-refractivity contribution in [3.8, 4) is 5.69 Å². The lowest BCUT2D eigenvalue weighted by Gasteiger charge is -2.33. The van der Waals surface area contributed by atoms with Gasteiger partial charge in [0.15, 0.2) is 10.9 Å². The molecule has 0 fully saturated rings. The van der Waals surface area contributed by atoms with Crippen molar-refractivity contribution in [1.82, 2.24) is 9.55 Å². The molecule has 0 amide bonds. The van der Waals surface area contributed by atoms with Gasteiger partial charge in [-0.05, 0) is 72.6 Å². The van der Waals surface area contributed by atoms with Gasteiger partial charge in [0.2, 0.25) is 0 Å². The van der Waals surface area contributed by atoms with Gasteiger partial charge in [0.05, 0.1) is 16.8 Å². The third-order valence-electron chi connectivity index (χ3n) is 6.79. The number of thiophene rings is 1. The maximum atomic E-state index is 13.9. The Kier molecular flexibility index (Phi) is 6.64. The Hall–Kier alpha value is -2.41. The highest BCUT2D eigenvalue weighted by Gasteiger charge is 2.32. The number of halogens is 1. The van der Waals surface area contributed by atoms with Gasteiger partial charge in [-0.2, -0.15) is 0 Å². The molecule has 0 N–H and O–H groups in total. The molecule has 4 nitrogen and oxygen atoms in total. The van der Waals surface area contributed by atoms with Crippen LogP contribution in [-0.2, 0) is 12.8 Å². The molecule has 1 aliphatic carbocycles. The first kappa shape index (κ1) is 24.3. The molecule has 1 atom stereocenters. The van der Waals surface area contributed by atoms with E-state index in [1.54, 1.807) is 40.2 Å². The summed E-state index contributed by atoms with van der Waals surface area (Å²) in [6.07, 6.45) is 2.98. The highest BCUT2D eigenvalue weighted by Crippen LogP contribution is 2.42. The van der Waals surface area contributed by atoms with E-state index in [1.807, 2.05) is 30.3 Å². The molecule has 0 spiro atoms. The topological polar surface area (TPSA) is 52.0 Å². The molecule has 1 unspecified atom stereocenters. The number of Topliss-reactive ketones (excluding diaryl/α,β-unsaturated/α-hetero) is 1. The number of hydrogen-bond acceptors (Lipinski definition) is 5. The summed E-state index contributed by atoms with van der Waals surface area (Å²) in [6, 6.07) is 16.5. The number of thioether (sulfide) groups is 1. The second kappa shape index (κ2) is 9.57. The summed E-state index contributed by atoms with van der Waals surface area (Å²) in [5.74, 6) is 0.744. The van der Waals surface area contributed by atoms with Crippen LogP contribution in [0.25, 0.3) is 15.9 Å². The molecule has 0 radical (unpaired) electrons. The second-order valence-electron chi connectivity index (χ2n) is 10.1. The lowest BCUT2D eigenvalue weighted by Crippen LogP contribution is -2.27. The molecule has 2 aromatic heterocycles. The SMILES string of the molecule is CC(C)(C)C1CCc2c(sc3nc(SCC(=O)c4ccc(Cl)cc4)n(-c4ccccc4)c(=O)c23)C1.